The van der Waals surface area contributed by atoms with Crippen molar-refractivity contribution in [1.82, 2.24) is 0 Å². The van der Waals surface area contributed by atoms with Gasteiger partial charge >= 0.3 is 11.9 Å². The Morgan fingerprint density at radius 3 is 1.65 bits per heavy atom. The van der Waals surface area contributed by atoms with Gasteiger partial charge in [0.15, 0.2) is 13.2 Å². The van der Waals surface area contributed by atoms with E-state index < -0.39 is 11.9 Å². The maximum Gasteiger partial charge on any atom is 0.349 e. The van der Waals surface area contributed by atoms with Crippen molar-refractivity contribution in [2.24, 2.45) is 0 Å². The lowest BCUT2D eigenvalue weighted by Crippen LogP contribution is -2.19. The molecule has 0 aliphatic heterocycles. The van der Waals surface area contributed by atoms with Crippen LogP contribution in [-0.4, -0.2) is 25.2 Å². The molecule has 0 atom stereocenters. The molecule has 0 radical (unpaired) electrons. The maximum atomic E-state index is 13.1. The van der Waals surface area contributed by atoms with Crippen LogP contribution >= 0.6 is 0 Å². The summed E-state index contributed by atoms with van der Waals surface area (Å²) < 4.78 is 24.0. The van der Waals surface area contributed by atoms with Gasteiger partial charge in [-0.1, -0.05) is 109 Å². The summed E-state index contributed by atoms with van der Waals surface area (Å²) in [6.45, 7) is 3.36. The molecule has 6 heteroatoms. The van der Waals surface area contributed by atoms with Crippen molar-refractivity contribution in [3.05, 3.63) is 132 Å². The van der Waals surface area contributed by atoms with Crippen LogP contribution in [0.3, 0.4) is 0 Å². The third-order valence-electron chi connectivity index (χ3n) is 8.02. The lowest BCUT2D eigenvalue weighted by Gasteiger charge is -2.19. The molecule has 7 aromatic rings. The Morgan fingerprint density at radius 2 is 1.02 bits per heavy atom. The molecule has 0 aliphatic rings. The summed E-state index contributed by atoms with van der Waals surface area (Å²) in [5, 5.41) is 6.71. The zero-order chi connectivity index (χ0) is 31.6. The van der Waals surface area contributed by atoms with E-state index >= 15 is 0 Å². The summed E-state index contributed by atoms with van der Waals surface area (Å²) in [5.74, 6) is 1.01. The Balaban J connectivity index is 1.19. The molecular weight excluding hydrogens is 576 g/mol. The standard InChI is InChI=1S/C40H30O6/c1-25-20-21-31-33(22-25)39(43-23-36(41)45-34-18-8-13-27-11-3-5-15-29(27)34)32-17-7-10-26(2)38(32)40(31)44-24-37(42)46-35-19-9-14-28-12-4-6-16-30(28)35/h3-22H,23-24H2,1-2H3. The molecule has 0 N–H and O–H groups in total. The number of esters is 2. The maximum absolute atomic E-state index is 13.1. The first-order valence-electron chi connectivity index (χ1n) is 15.0. The molecule has 0 aliphatic carbocycles. The molecule has 7 aromatic carbocycles. The number of benzene rings is 7. The SMILES string of the molecule is Cc1ccc2c(OCC(=O)Oc3cccc4ccccc34)c3c(C)cccc3c(OCC(=O)Oc3cccc4ccccc34)c2c1. The molecule has 0 unspecified atom stereocenters. The number of hydrogen-bond acceptors (Lipinski definition) is 6. The number of hydrogen-bond donors (Lipinski definition) is 0. The van der Waals surface area contributed by atoms with Gasteiger partial charge in [-0.05, 0) is 48.4 Å². The second-order valence-corrected chi connectivity index (χ2v) is 11.2. The second-order valence-electron chi connectivity index (χ2n) is 11.2. The second kappa shape index (κ2) is 12.3. The first kappa shape index (κ1) is 28.9. The third-order valence-corrected chi connectivity index (χ3v) is 8.02. The minimum Gasteiger partial charge on any atom is -0.481 e. The fraction of sp³-hybridized carbons (Fsp3) is 0.100. The average Bonchev–Trinajstić information content (AvgIpc) is 3.07. The van der Waals surface area contributed by atoms with E-state index in [2.05, 4.69) is 0 Å². The van der Waals surface area contributed by atoms with Crippen LogP contribution in [0.5, 0.6) is 23.0 Å². The molecule has 7 rings (SSSR count). The van der Waals surface area contributed by atoms with Gasteiger partial charge in [-0.2, -0.15) is 0 Å². The Kier molecular flexibility index (Phi) is 7.69. The largest absolute Gasteiger partial charge is 0.481 e. The number of carbonyl (C=O) groups excluding carboxylic acids is 2. The molecule has 46 heavy (non-hydrogen) atoms. The third kappa shape index (κ3) is 5.57. The summed E-state index contributed by atoms with van der Waals surface area (Å²) in [5.41, 5.74) is 1.93. The Labute approximate surface area is 265 Å². The average molecular weight is 607 g/mol. The first-order chi connectivity index (χ1) is 22.5. The van der Waals surface area contributed by atoms with E-state index in [1.54, 1.807) is 12.1 Å². The van der Waals surface area contributed by atoms with E-state index in [0.717, 1.165) is 54.2 Å². The number of fused-ring (bicyclic) bond motifs is 4. The lowest BCUT2D eigenvalue weighted by molar-refractivity contribution is -0.137. The van der Waals surface area contributed by atoms with E-state index in [0.29, 0.717) is 23.0 Å². The van der Waals surface area contributed by atoms with Crippen LogP contribution < -0.4 is 18.9 Å². The van der Waals surface area contributed by atoms with Crippen LogP contribution in [-0.2, 0) is 9.59 Å². The minimum absolute atomic E-state index is 0.298. The predicted molar refractivity (Wildman–Crippen MR) is 181 cm³/mol. The number of carbonyl (C=O) groups is 2. The highest BCUT2D eigenvalue weighted by molar-refractivity contribution is 6.12. The molecule has 0 bridgehead atoms. The predicted octanol–water partition coefficient (Wildman–Crippen LogP) is 8.89. The zero-order valence-corrected chi connectivity index (χ0v) is 25.4. The quantitative estimate of drug-likeness (QED) is 0.0978. The van der Waals surface area contributed by atoms with Gasteiger partial charge in [-0.15, -0.1) is 0 Å². The van der Waals surface area contributed by atoms with Crippen molar-refractivity contribution in [1.29, 1.82) is 0 Å². The van der Waals surface area contributed by atoms with E-state index in [-0.39, 0.29) is 13.2 Å². The van der Waals surface area contributed by atoms with E-state index in [1.165, 1.54) is 0 Å². The van der Waals surface area contributed by atoms with Gasteiger partial charge < -0.3 is 18.9 Å². The minimum atomic E-state index is -0.519. The van der Waals surface area contributed by atoms with Gasteiger partial charge in [-0.25, -0.2) is 9.59 Å². The number of aryl methyl sites for hydroxylation is 2. The summed E-state index contributed by atoms with van der Waals surface area (Å²) >= 11 is 0. The van der Waals surface area contributed by atoms with Crippen molar-refractivity contribution in [3.8, 4) is 23.0 Å². The van der Waals surface area contributed by atoms with Crippen molar-refractivity contribution < 1.29 is 28.5 Å². The summed E-state index contributed by atoms with van der Waals surface area (Å²) in [7, 11) is 0. The summed E-state index contributed by atoms with van der Waals surface area (Å²) in [6, 6.07) is 38.4. The van der Waals surface area contributed by atoms with Crippen LogP contribution in [0.2, 0.25) is 0 Å². The fourth-order valence-corrected chi connectivity index (χ4v) is 5.92. The van der Waals surface area contributed by atoms with Crippen molar-refractivity contribution in [2.75, 3.05) is 13.2 Å². The number of ether oxygens (including phenoxy) is 4. The van der Waals surface area contributed by atoms with Gasteiger partial charge in [0.1, 0.15) is 23.0 Å². The molecule has 0 aromatic heterocycles. The van der Waals surface area contributed by atoms with Crippen molar-refractivity contribution in [3.63, 3.8) is 0 Å². The van der Waals surface area contributed by atoms with Gasteiger partial charge in [0.05, 0.1) is 0 Å². The van der Waals surface area contributed by atoms with E-state index in [4.69, 9.17) is 18.9 Å². The summed E-state index contributed by atoms with van der Waals surface area (Å²) in [4.78, 5) is 26.2. The van der Waals surface area contributed by atoms with Crippen LogP contribution in [0.1, 0.15) is 11.1 Å². The monoisotopic (exact) mass is 606 g/mol. The smallest absolute Gasteiger partial charge is 0.349 e. The van der Waals surface area contributed by atoms with E-state index in [9.17, 15) is 9.59 Å². The molecule has 0 amide bonds. The molecule has 6 nitrogen and oxygen atoms in total. The lowest BCUT2D eigenvalue weighted by atomic mass is 9.96. The topological polar surface area (TPSA) is 71.1 Å². The van der Waals surface area contributed by atoms with E-state index in [1.807, 2.05) is 123 Å². The molecular formula is C40H30O6. The van der Waals surface area contributed by atoms with Crippen LogP contribution in [0.15, 0.2) is 121 Å². The normalized spacial score (nSPS) is 11.2. The molecule has 0 saturated heterocycles. The molecule has 0 saturated carbocycles. The van der Waals surface area contributed by atoms with Gasteiger partial charge in [0, 0.05) is 32.3 Å². The Bertz CT molecular complexity index is 2270. The Hall–Kier alpha value is -5.88. The van der Waals surface area contributed by atoms with Crippen LogP contribution in [0.25, 0.3) is 43.1 Å². The molecule has 0 heterocycles. The summed E-state index contributed by atoms with van der Waals surface area (Å²) in [6.07, 6.45) is 0. The van der Waals surface area contributed by atoms with Gasteiger partial charge in [0.25, 0.3) is 0 Å². The van der Waals surface area contributed by atoms with Crippen molar-refractivity contribution >= 4 is 55.0 Å². The molecule has 226 valence electrons. The van der Waals surface area contributed by atoms with Gasteiger partial charge in [0.2, 0.25) is 0 Å². The van der Waals surface area contributed by atoms with Gasteiger partial charge in [-0.3, -0.25) is 0 Å². The Morgan fingerprint density at radius 1 is 0.500 bits per heavy atom. The first-order valence-corrected chi connectivity index (χ1v) is 15.0. The highest BCUT2D eigenvalue weighted by atomic mass is 16.6. The highest BCUT2D eigenvalue weighted by Gasteiger charge is 2.21. The number of rotatable bonds is 8. The molecule has 0 fully saturated rings. The molecule has 0 spiro atoms. The van der Waals surface area contributed by atoms with Crippen molar-refractivity contribution in [2.45, 2.75) is 13.8 Å². The zero-order valence-electron chi connectivity index (χ0n) is 25.4. The fourth-order valence-electron chi connectivity index (χ4n) is 5.92. The highest BCUT2D eigenvalue weighted by Crippen LogP contribution is 2.44. The van der Waals surface area contributed by atoms with Crippen LogP contribution in [0.4, 0.5) is 0 Å². The van der Waals surface area contributed by atoms with Crippen LogP contribution in [0, 0.1) is 13.8 Å².